The smallest absolute Gasteiger partial charge is 0.374 e. The van der Waals surface area contributed by atoms with E-state index in [0.717, 1.165) is 12.3 Å². The summed E-state index contributed by atoms with van der Waals surface area (Å²) in [5.41, 5.74) is -0.472. The number of benzene rings is 1. The Morgan fingerprint density at radius 1 is 1.19 bits per heavy atom. The van der Waals surface area contributed by atoms with Crippen LogP contribution in [0.4, 0.5) is 0 Å². The second-order valence-electron chi connectivity index (χ2n) is 3.97. The maximum Gasteiger partial charge on any atom is 0.374 e. The molecule has 2 rings (SSSR count). The van der Waals surface area contributed by atoms with Crippen molar-refractivity contribution < 1.29 is 23.4 Å². The molecule has 1 aromatic carbocycles. The first-order valence-corrected chi connectivity index (χ1v) is 6.26. The molecule has 2 aromatic rings. The van der Waals surface area contributed by atoms with E-state index < -0.39 is 11.4 Å². The highest BCUT2D eigenvalue weighted by Gasteiger charge is 2.13. The van der Waals surface area contributed by atoms with Gasteiger partial charge in [-0.25, -0.2) is 4.79 Å². The van der Waals surface area contributed by atoms with Gasteiger partial charge in [-0.05, 0) is 31.2 Å². The third kappa shape index (κ3) is 3.62. The van der Waals surface area contributed by atoms with Gasteiger partial charge in [0.2, 0.25) is 16.9 Å². The summed E-state index contributed by atoms with van der Waals surface area (Å²) in [4.78, 5) is 23.3. The van der Waals surface area contributed by atoms with Gasteiger partial charge in [0.15, 0.2) is 0 Å². The van der Waals surface area contributed by atoms with E-state index in [0.29, 0.717) is 11.5 Å². The molecule has 6 heteroatoms. The SMILES string of the molecule is CCOC(=O)c1cc(=O)c(Oc2ccc(OC)cc2)co1. The summed E-state index contributed by atoms with van der Waals surface area (Å²) >= 11 is 0. The lowest BCUT2D eigenvalue weighted by molar-refractivity contribution is 0.0486. The molecule has 1 heterocycles. The number of carbonyl (C=O) groups excluding carboxylic acids is 1. The zero-order valence-corrected chi connectivity index (χ0v) is 11.6. The molecular weight excluding hydrogens is 276 g/mol. The normalized spacial score (nSPS) is 10.0. The Morgan fingerprint density at radius 2 is 1.86 bits per heavy atom. The van der Waals surface area contributed by atoms with Crippen molar-refractivity contribution >= 4 is 5.97 Å². The minimum absolute atomic E-state index is 0.0202. The van der Waals surface area contributed by atoms with Crippen LogP contribution in [0.3, 0.4) is 0 Å². The first-order chi connectivity index (χ1) is 10.1. The molecule has 110 valence electrons. The Balaban J connectivity index is 2.17. The molecule has 0 N–H and O–H groups in total. The number of hydrogen-bond donors (Lipinski definition) is 0. The summed E-state index contributed by atoms with van der Waals surface area (Å²) < 4.78 is 20.2. The van der Waals surface area contributed by atoms with Gasteiger partial charge < -0.3 is 18.6 Å². The largest absolute Gasteiger partial charge is 0.497 e. The molecule has 0 unspecified atom stereocenters. The van der Waals surface area contributed by atoms with Gasteiger partial charge >= 0.3 is 5.97 Å². The Hall–Kier alpha value is -2.76. The third-order valence-electron chi connectivity index (χ3n) is 2.56. The summed E-state index contributed by atoms with van der Waals surface area (Å²) in [6, 6.07) is 7.74. The van der Waals surface area contributed by atoms with Gasteiger partial charge in [-0.15, -0.1) is 0 Å². The van der Waals surface area contributed by atoms with E-state index in [1.165, 1.54) is 0 Å². The first-order valence-electron chi connectivity index (χ1n) is 6.26. The fourth-order valence-electron chi connectivity index (χ4n) is 1.55. The molecular formula is C15H14O6. The van der Waals surface area contributed by atoms with Gasteiger partial charge in [-0.2, -0.15) is 0 Å². The first kappa shape index (κ1) is 14.6. The van der Waals surface area contributed by atoms with E-state index in [1.54, 1.807) is 38.3 Å². The predicted molar refractivity (Wildman–Crippen MR) is 74.0 cm³/mol. The zero-order valence-electron chi connectivity index (χ0n) is 11.6. The van der Waals surface area contributed by atoms with Crippen LogP contribution in [-0.4, -0.2) is 19.7 Å². The van der Waals surface area contributed by atoms with Crippen molar-refractivity contribution in [3.63, 3.8) is 0 Å². The number of esters is 1. The molecule has 0 saturated heterocycles. The number of ether oxygens (including phenoxy) is 3. The molecule has 0 aliphatic carbocycles. The fourth-order valence-corrected chi connectivity index (χ4v) is 1.55. The highest BCUT2D eigenvalue weighted by molar-refractivity contribution is 5.86. The van der Waals surface area contributed by atoms with Crippen LogP contribution in [-0.2, 0) is 4.74 Å². The van der Waals surface area contributed by atoms with Crippen LogP contribution >= 0.6 is 0 Å². The van der Waals surface area contributed by atoms with Gasteiger partial charge in [0, 0.05) is 6.07 Å². The van der Waals surface area contributed by atoms with Crippen LogP contribution in [0.25, 0.3) is 0 Å². The Bertz CT molecular complexity index is 671. The second kappa shape index (κ2) is 6.60. The van der Waals surface area contributed by atoms with Crippen molar-refractivity contribution in [2.24, 2.45) is 0 Å². The van der Waals surface area contributed by atoms with Crippen LogP contribution < -0.4 is 14.9 Å². The van der Waals surface area contributed by atoms with Gasteiger partial charge in [0.05, 0.1) is 13.7 Å². The molecule has 0 saturated carbocycles. The van der Waals surface area contributed by atoms with Crippen molar-refractivity contribution in [1.29, 1.82) is 0 Å². The number of methoxy groups -OCH3 is 1. The number of hydrogen-bond acceptors (Lipinski definition) is 6. The van der Waals surface area contributed by atoms with Gasteiger partial charge in [-0.3, -0.25) is 4.79 Å². The summed E-state index contributed by atoms with van der Waals surface area (Å²) in [7, 11) is 1.55. The van der Waals surface area contributed by atoms with Gasteiger partial charge in [-0.1, -0.05) is 0 Å². The van der Waals surface area contributed by atoms with Crippen molar-refractivity contribution in [2.45, 2.75) is 6.92 Å². The number of rotatable bonds is 5. The van der Waals surface area contributed by atoms with Crippen LogP contribution in [0, 0.1) is 0 Å². The van der Waals surface area contributed by atoms with Crippen LogP contribution in [0.1, 0.15) is 17.5 Å². The monoisotopic (exact) mass is 290 g/mol. The molecule has 21 heavy (non-hydrogen) atoms. The maximum atomic E-state index is 11.9. The lowest BCUT2D eigenvalue weighted by Crippen LogP contribution is -2.10. The summed E-state index contributed by atoms with van der Waals surface area (Å²) in [6.45, 7) is 1.86. The van der Waals surface area contributed by atoms with Crippen LogP contribution in [0.5, 0.6) is 17.2 Å². The highest BCUT2D eigenvalue weighted by atomic mass is 16.5. The second-order valence-corrected chi connectivity index (χ2v) is 3.97. The predicted octanol–water partition coefficient (Wildman–Crippen LogP) is 2.62. The topological polar surface area (TPSA) is 75.0 Å². The molecule has 0 bridgehead atoms. The third-order valence-corrected chi connectivity index (χ3v) is 2.56. The zero-order chi connectivity index (χ0) is 15.2. The Morgan fingerprint density at radius 3 is 2.43 bits per heavy atom. The average molecular weight is 290 g/mol. The maximum absolute atomic E-state index is 11.9. The summed E-state index contributed by atoms with van der Waals surface area (Å²) in [5, 5.41) is 0. The highest BCUT2D eigenvalue weighted by Crippen LogP contribution is 2.21. The lowest BCUT2D eigenvalue weighted by atomic mass is 10.3. The summed E-state index contributed by atoms with van der Waals surface area (Å²) in [6.07, 6.45) is 1.08. The molecule has 0 spiro atoms. The van der Waals surface area contributed by atoms with Gasteiger partial charge in [0.25, 0.3) is 0 Å². The van der Waals surface area contributed by atoms with Gasteiger partial charge in [0.1, 0.15) is 17.8 Å². The van der Waals surface area contributed by atoms with E-state index in [2.05, 4.69) is 0 Å². The minimum atomic E-state index is -0.689. The molecule has 0 atom stereocenters. The van der Waals surface area contributed by atoms with Crippen LogP contribution in [0.2, 0.25) is 0 Å². The molecule has 0 aliphatic heterocycles. The molecule has 0 amide bonds. The van der Waals surface area contributed by atoms with E-state index in [4.69, 9.17) is 18.6 Å². The minimum Gasteiger partial charge on any atom is -0.497 e. The Kier molecular flexibility index (Phi) is 4.61. The van der Waals surface area contributed by atoms with Crippen LogP contribution in [0.15, 0.2) is 45.8 Å². The summed E-state index contributed by atoms with van der Waals surface area (Å²) in [5.74, 6) is 0.252. The number of carbonyl (C=O) groups is 1. The van der Waals surface area contributed by atoms with E-state index >= 15 is 0 Å². The van der Waals surface area contributed by atoms with Crippen molar-refractivity contribution in [2.75, 3.05) is 13.7 Å². The van der Waals surface area contributed by atoms with E-state index in [1.807, 2.05) is 0 Å². The molecule has 6 nitrogen and oxygen atoms in total. The lowest BCUT2D eigenvalue weighted by Gasteiger charge is -2.06. The van der Waals surface area contributed by atoms with Crippen molar-refractivity contribution in [3.05, 3.63) is 52.6 Å². The standard InChI is InChI=1S/C15H14O6/c1-3-19-15(17)13-8-12(16)14(9-20-13)21-11-6-4-10(18-2)5-7-11/h4-9H,3H2,1-2H3. The van der Waals surface area contributed by atoms with E-state index in [9.17, 15) is 9.59 Å². The molecule has 0 fully saturated rings. The average Bonchev–Trinajstić information content (AvgIpc) is 2.50. The van der Waals surface area contributed by atoms with Crippen molar-refractivity contribution in [3.8, 4) is 17.2 Å². The molecule has 1 aromatic heterocycles. The van der Waals surface area contributed by atoms with E-state index in [-0.39, 0.29) is 18.1 Å². The molecule has 0 aliphatic rings. The fraction of sp³-hybridized carbons (Fsp3) is 0.200. The Labute approximate surface area is 120 Å². The molecule has 0 radical (unpaired) electrons. The van der Waals surface area contributed by atoms with Crippen molar-refractivity contribution in [1.82, 2.24) is 0 Å². The quantitative estimate of drug-likeness (QED) is 0.788.